The molecule has 2 aromatic rings. The minimum absolute atomic E-state index is 0.0986. The molecule has 0 saturated heterocycles. The number of amides is 1. The Kier molecular flexibility index (Phi) is 4.71. The van der Waals surface area contributed by atoms with Crippen LogP contribution >= 0.6 is 0 Å². The predicted octanol–water partition coefficient (Wildman–Crippen LogP) is 4.53. The van der Waals surface area contributed by atoms with Gasteiger partial charge in [-0.05, 0) is 36.8 Å². The van der Waals surface area contributed by atoms with Crippen molar-refractivity contribution in [2.75, 3.05) is 0 Å². The number of carbonyl (C=O) groups is 1. The second kappa shape index (κ2) is 7.21. The van der Waals surface area contributed by atoms with Gasteiger partial charge in [0.15, 0.2) is 0 Å². The van der Waals surface area contributed by atoms with Crippen LogP contribution in [-0.2, 0) is 0 Å². The topological polar surface area (TPSA) is 70.9 Å². The Bertz CT molecular complexity index is 1070. The van der Waals surface area contributed by atoms with Crippen LogP contribution in [-0.4, -0.2) is 23.0 Å². The van der Waals surface area contributed by atoms with Gasteiger partial charge in [0.05, 0.1) is 5.71 Å². The van der Waals surface area contributed by atoms with E-state index < -0.39 is 17.7 Å². The molecule has 0 spiro atoms. The van der Waals surface area contributed by atoms with E-state index >= 15 is 0 Å². The monoisotopic (exact) mass is 400 g/mol. The van der Waals surface area contributed by atoms with E-state index in [4.69, 9.17) is 9.94 Å². The first-order valence-electron chi connectivity index (χ1n) is 8.78. The van der Waals surface area contributed by atoms with Crippen molar-refractivity contribution >= 4 is 11.6 Å². The van der Waals surface area contributed by atoms with Gasteiger partial charge >= 0.3 is 6.18 Å². The van der Waals surface area contributed by atoms with Crippen LogP contribution in [0.4, 0.5) is 13.2 Å². The summed E-state index contributed by atoms with van der Waals surface area (Å²) in [5.74, 6) is 0.215. The zero-order valence-electron chi connectivity index (χ0n) is 15.0. The summed E-state index contributed by atoms with van der Waals surface area (Å²) < 4.78 is 45.5. The molecule has 4 rings (SSSR count). The Morgan fingerprint density at radius 1 is 1.07 bits per heavy atom. The molecule has 0 fully saturated rings. The molecule has 0 aromatic heterocycles. The number of alkyl halides is 3. The maximum Gasteiger partial charge on any atom is 0.412 e. The van der Waals surface area contributed by atoms with Gasteiger partial charge in [-0.25, -0.2) is 10.5 Å². The number of para-hydroxylation sites is 1. The molecule has 148 valence electrons. The van der Waals surface area contributed by atoms with Crippen molar-refractivity contribution in [1.82, 2.24) is 5.48 Å². The molecule has 8 heteroatoms. The number of hydroxylamine groups is 1. The average Bonchev–Trinajstić information content (AvgIpc) is 2.88. The van der Waals surface area contributed by atoms with Gasteiger partial charge in [-0.1, -0.05) is 24.3 Å². The maximum atomic E-state index is 13.2. The average molecular weight is 400 g/mol. The van der Waals surface area contributed by atoms with Gasteiger partial charge in [-0.3, -0.25) is 10.0 Å². The molecule has 1 aliphatic carbocycles. The SMILES string of the molecule is O=C(NO)c1ccc(C2=NC3=C(CCC(C(F)(F)F)=C3)Oc3ccccc32)cc1. The summed E-state index contributed by atoms with van der Waals surface area (Å²) in [5.41, 5.74) is 2.92. The fourth-order valence-corrected chi connectivity index (χ4v) is 3.24. The van der Waals surface area contributed by atoms with Crippen molar-refractivity contribution in [3.05, 3.63) is 88.3 Å². The first-order valence-corrected chi connectivity index (χ1v) is 8.78. The number of fused-ring (bicyclic) bond motifs is 1. The number of rotatable bonds is 2. The van der Waals surface area contributed by atoms with E-state index in [0.717, 1.165) is 6.08 Å². The van der Waals surface area contributed by atoms with Crippen LogP contribution < -0.4 is 10.2 Å². The second-order valence-corrected chi connectivity index (χ2v) is 6.55. The number of aliphatic imine (C=N–C) groups is 1. The van der Waals surface area contributed by atoms with Crippen molar-refractivity contribution < 1.29 is 27.9 Å². The lowest BCUT2D eigenvalue weighted by Gasteiger charge is -2.19. The van der Waals surface area contributed by atoms with Crippen LogP contribution in [0.25, 0.3) is 0 Å². The zero-order valence-corrected chi connectivity index (χ0v) is 15.0. The Hall–Kier alpha value is -3.39. The Labute approximate surface area is 163 Å². The number of ether oxygens (including phenoxy) is 1. The molecule has 1 amide bonds. The highest BCUT2D eigenvalue weighted by atomic mass is 19.4. The molecule has 0 atom stereocenters. The number of allylic oxidation sites excluding steroid dienone is 3. The highest BCUT2D eigenvalue weighted by molar-refractivity contribution is 6.15. The number of nitrogens with zero attached hydrogens (tertiary/aromatic N) is 1. The Balaban J connectivity index is 1.84. The fourth-order valence-electron chi connectivity index (χ4n) is 3.24. The third-order valence-electron chi connectivity index (χ3n) is 4.71. The standard InChI is InChI=1S/C21H15F3N2O3/c22-21(23,24)14-9-10-18-16(11-14)25-19(15-3-1-2-4-17(15)29-18)12-5-7-13(8-6-12)20(27)26-28/h1-8,11,28H,9-10H2,(H,26,27). The van der Waals surface area contributed by atoms with Gasteiger partial charge in [0.25, 0.3) is 5.91 Å². The van der Waals surface area contributed by atoms with E-state index in [1.165, 1.54) is 12.1 Å². The van der Waals surface area contributed by atoms with E-state index in [0.29, 0.717) is 28.3 Å². The lowest BCUT2D eigenvalue weighted by molar-refractivity contribution is -0.0944. The van der Waals surface area contributed by atoms with Gasteiger partial charge in [0.2, 0.25) is 0 Å². The highest BCUT2D eigenvalue weighted by Gasteiger charge is 2.36. The van der Waals surface area contributed by atoms with Crippen LogP contribution in [0.5, 0.6) is 5.75 Å². The quantitative estimate of drug-likeness (QED) is 0.575. The zero-order chi connectivity index (χ0) is 20.6. The van der Waals surface area contributed by atoms with Crippen LogP contribution in [0.1, 0.15) is 34.3 Å². The number of hydrogen-bond acceptors (Lipinski definition) is 4. The Morgan fingerprint density at radius 2 is 1.79 bits per heavy atom. The van der Waals surface area contributed by atoms with Crippen molar-refractivity contribution in [2.45, 2.75) is 19.0 Å². The van der Waals surface area contributed by atoms with Gasteiger partial charge in [0, 0.05) is 28.7 Å². The number of benzene rings is 2. The second-order valence-electron chi connectivity index (χ2n) is 6.55. The summed E-state index contributed by atoms with van der Waals surface area (Å²) in [4.78, 5) is 16.1. The van der Waals surface area contributed by atoms with Gasteiger partial charge < -0.3 is 4.74 Å². The molecule has 0 unspecified atom stereocenters. The molecule has 2 aliphatic rings. The van der Waals surface area contributed by atoms with Crippen LogP contribution in [0.2, 0.25) is 0 Å². The van der Waals surface area contributed by atoms with E-state index in [9.17, 15) is 18.0 Å². The molecule has 2 N–H and O–H groups in total. The third kappa shape index (κ3) is 3.66. The minimum atomic E-state index is -4.42. The fraction of sp³-hybridized carbons (Fsp3) is 0.143. The number of hydrogen-bond donors (Lipinski definition) is 2. The van der Waals surface area contributed by atoms with Crippen molar-refractivity contribution in [2.24, 2.45) is 4.99 Å². The number of carbonyl (C=O) groups excluding carboxylic acids is 1. The van der Waals surface area contributed by atoms with E-state index in [1.807, 2.05) is 0 Å². The summed E-state index contributed by atoms with van der Waals surface area (Å²) in [6.45, 7) is 0. The van der Waals surface area contributed by atoms with Gasteiger partial charge in [0.1, 0.15) is 17.2 Å². The highest BCUT2D eigenvalue weighted by Crippen LogP contribution is 2.39. The van der Waals surface area contributed by atoms with Crippen molar-refractivity contribution in [1.29, 1.82) is 0 Å². The minimum Gasteiger partial charge on any atom is -0.459 e. The summed E-state index contributed by atoms with van der Waals surface area (Å²) in [7, 11) is 0. The maximum absolute atomic E-state index is 13.2. The molecule has 0 saturated carbocycles. The molecular weight excluding hydrogens is 385 g/mol. The van der Waals surface area contributed by atoms with E-state index in [1.54, 1.807) is 41.9 Å². The predicted molar refractivity (Wildman–Crippen MR) is 98.8 cm³/mol. The van der Waals surface area contributed by atoms with Crippen molar-refractivity contribution in [3.8, 4) is 5.75 Å². The van der Waals surface area contributed by atoms with E-state index in [2.05, 4.69) is 4.99 Å². The molecule has 1 aliphatic heterocycles. The largest absolute Gasteiger partial charge is 0.459 e. The normalized spacial score (nSPS) is 16.0. The smallest absolute Gasteiger partial charge is 0.412 e. The first-order chi connectivity index (χ1) is 13.9. The molecule has 5 nitrogen and oxygen atoms in total. The lowest BCUT2D eigenvalue weighted by Crippen LogP contribution is -2.18. The molecular formula is C21H15F3N2O3. The summed E-state index contributed by atoms with van der Waals surface area (Å²) in [6, 6.07) is 13.3. The van der Waals surface area contributed by atoms with Crippen LogP contribution in [0, 0.1) is 0 Å². The molecule has 29 heavy (non-hydrogen) atoms. The van der Waals surface area contributed by atoms with E-state index in [-0.39, 0.29) is 24.1 Å². The lowest BCUT2D eigenvalue weighted by atomic mass is 9.99. The molecule has 0 bridgehead atoms. The molecule has 1 heterocycles. The first kappa shape index (κ1) is 18.9. The Morgan fingerprint density at radius 3 is 2.48 bits per heavy atom. The van der Waals surface area contributed by atoms with Crippen molar-refractivity contribution in [3.63, 3.8) is 0 Å². The summed E-state index contributed by atoms with van der Waals surface area (Å²) in [6.07, 6.45) is -3.47. The van der Waals surface area contributed by atoms with Crippen LogP contribution in [0.15, 0.2) is 76.6 Å². The molecule has 2 aromatic carbocycles. The third-order valence-corrected chi connectivity index (χ3v) is 4.71. The molecule has 0 radical (unpaired) electrons. The number of halogens is 3. The van der Waals surface area contributed by atoms with Gasteiger partial charge in [-0.2, -0.15) is 13.2 Å². The summed E-state index contributed by atoms with van der Waals surface area (Å²) >= 11 is 0. The summed E-state index contributed by atoms with van der Waals surface area (Å²) in [5, 5.41) is 8.75. The van der Waals surface area contributed by atoms with Crippen LogP contribution in [0.3, 0.4) is 0 Å². The number of nitrogens with one attached hydrogen (secondary N) is 1. The van der Waals surface area contributed by atoms with Gasteiger partial charge in [-0.15, -0.1) is 0 Å².